The first kappa shape index (κ1) is 25.5. The Morgan fingerprint density at radius 2 is 1.29 bits per heavy atom. The zero-order valence-electron chi connectivity index (χ0n) is 19.5. The number of benzene rings is 2. The second-order valence-electron chi connectivity index (χ2n) is 7.38. The molecule has 0 saturated carbocycles. The maximum atomic E-state index is 5.48. The van der Waals surface area contributed by atoms with E-state index < -0.39 is 0 Å². The maximum Gasteiger partial charge on any atom is 0.186 e. The minimum Gasteiger partial charge on any atom is -0.378 e. The zero-order chi connectivity index (χ0) is 24.2. The third-order valence-electron chi connectivity index (χ3n) is 5.00. The molecule has 10 heteroatoms. The van der Waals surface area contributed by atoms with E-state index in [1.54, 1.807) is 0 Å². The van der Waals surface area contributed by atoms with E-state index in [9.17, 15) is 0 Å². The molecule has 1 saturated heterocycles. The van der Waals surface area contributed by atoms with Crippen molar-refractivity contribution in [1.29, 1.82) is 0 Å². The van der Waals surface area contributed by atoms with Crippen LogP contribution in [0, 0.1) is 0 Å². The fourth-order valence-electron chi connectivity index (χ4n) is 3.37. The number of thiocarbonyl (C=S) groups is 2. The second-order valence-corrected chi connectivity index (χ2v) is 8.19. The molecule has 0 atom stereocenters. The van der Waals surface area contributed by atoms with Gasteiger partial charge in [0, 0.05) is 43.0 Å². The molecule has 0 aliphatic carbocycles. The summed E-state index contributed by atoms with van der Waals surface area (Å²) in [6.45, 7) is 8.58. The third-order valence-corrected chi connectivity index (χ3v) is 5.47. The van der Waals surface area contributed by atoms with Gasteiger partial charge in [-0.1, -0.05) is 42.5 Å². The maximum absolute atomic E-state index is 5.48. The van der Waals surface area contributed by atoms with Crippen LogP contribution in [0.2, 0.25) is 0 Å². The number of hydrazone groups is 2. The van der Waals surface area contributed by atoms with Crippen LogP contribution in [-0.2, 0) is 4.74 Å². The van der Waals surface area contributed by atoms with Crippen molar-refractivity contribution in [2.45, 2.75) is 13.8 Å². The van der Waals surface area contributed by atoms with Crippen molar-refractivity contribution in [3.63, 3.8) is 0 Å². The molecule has 0 amide bonds. The summed E-state index contributed by atoms with van der Waals surface area (Å²) in [6.07, 6.45) is 0. The molecule has 2 aromatic carbocycles. The van der Waals surface area contributed by atoms with Gasteiger partial charge in [-0.2, -0.15) is 10.2 Å². The highest BCUT2D eigenvalue weighted by Gasteiger charge is 2.17. The molecule has 0 unspecified atom stereocenters. The van der Waals surface area contributed by atoms with Crippen LogP contribution < -0.4 is 26.4 Å². The van der Waals surface area contributed by atoms with Crippen LogP contribution in [0.15, 0.2) is 64.8 Å². The Hall–Kier alpha value is -3.08. The van der Waals surface area contributed by atoms with Crippen LogP contribution in [-0.4, -0.2) is 61.0 Å². The van der Waals surface area contributed by atoms with Crippen molar-refractivity contribution in [3.05, 3.63) is 65.7 Å². The highest BCUT2D eigenvalue weighted by Crippen LogP contribution is 2.18. The Bertz CT molecular complexity index is 1000. The Morgan fingerprint density at radius 1 is 0.794 bits per heavy atom. The van der Waals surface area contributed by atoms with E-state index in [0.717, 1.165) is 43.1 Å². The van der Waals surface area contributed by atoms with Crippen molar-refractivity contribution in [2.24, 2.45) is 10.2 Å². The first-order valence-corrected chi connectivity index (χ1v) is 12.2. The summed E-state index contributed by atoms with van der Waals surface area (Å²) in [5, 5.41) is 16.3. The summed E-state index contributed by atoms with van der Waals surface area (Å²) in [5.41, 5.74) is 10.1. The average molecular weight is 498 g/mol. The zero-order valence-corrected chi connectivity index (χ0v) is 21.1. The summed E-state index contributed by atoms with van der Waals surface area (Å²) in [7, 11) is 0. The molecule has 0 radical (unpaired) electrons. The number of anilines is 1. The molecule has 8 nitrogen and oxygen atoms in total. The molecule has 4 N–H and O–H groups in total. The highest BCUT2D eigenvalue weighted by atomic mass is 32.1. The van der Waals surface area contributed by atoms with Crippen LogP contribution in [0.25, 0.3) is 0 Å². The van der Waals surface area contributed by atoms with Gasteiger partial charge in [0.2, 0.25) is 0 Å². The molecule has 1 heterocycles. The van der Waals surface area contributed by atoms with Crippen molar-refractivity contribution in [3.8, 4) is 0 Å². The largest absolute Gasteiger partial charge is 0.378 e. The first-order valence-electron chi connectivity index (χ1n) is 11.3. The molecular weight excluding hydrogens is 466 g/mol. The topological polar surface area (TPSA) is 85.3 Å². The minimum absolute atomic E-state index is 0.438. The van der Waals surface area contributed by atoms with E-state index >= 15 is 0 Å². The van der Waals surface area contributed by atoms with Crippen LogP contribution in [0.1, 0.15) is 25.0 Å². The quantitative estimate of drug-likeness (QED) is 0.252. The monoisotopic (exact) mass is 497 g/mol. The van der Waals surface area contributed by atoms with E-state index in [2.05, 4.69) is 48.7 Å². The van der Waals surface area contributed by atoms with Crippen molar-refractivity contribution in [2.75, 3.05) is 44.3 Å². The van der Waals surface area contributed by atoms with Gasteiger partial charge < -0.3 is 20.3 Å². The number of ether oxygens (including phenoxy) is 1. The van der Waals surface area contributed by atoms with E-state index in [1.807, 2.05) is 56.3 Å². The van der Waals surface area contributed by atoms with Gasteiger partial charge in [-0.05, 0) is 50.4 Å². The van der Waals surface area contributed by atoms with E-state index in [-0.39, 0.29) is 0 Å². The predicted octanol–water partition coefficient (Wildman–Crippen LogP) is 2.60. The van der Waals surface area contributed by atoms with Gasteiger partial charge in [-0.15, -0.1) is 0 Å². The third kappa shape index (κ3) is 7.47. The number of hydrogen-bond acceptors (Lipinski definition) is 6. The van der Waals surface area contributed by atoms with Gasteiger partial charge in [0.25, 0.3) is 0 Å². The lowest BCUT2D eigenvalue weighted by molar-refractivity contribution is 0.122. The smallest absolute Gasteiger partial charge is 0.186 e. The van der Waals surface area contributed by atoms with E-state index in [1.165, 1.54) is 0 Å². The van der Waals surface area contributed by atoms with Gasteiger partial charge in [-0.3, -0.25) is 10.9 Å². The van der Waals surface area contributed by atoms with Crippen molar-refractivity contribution < 1.29 is 4.74 Å². The molecule has 0 spiro atoms. The van der Waals surface area contributed by atoms with Crippen LogP contribution in [0.4, 0.5) is 5.69 Å². The Balaban J connectivity index is 1.99. The first-order chi connectivity index (χ1) is 16.6. The summed E-state index contributed by atoms with van der Waals surface area (Å²) < 4.78 is 5.48. The van der Waals surface area contributed by atoms with Gasteiger partial charge in [0.1, 0.15) is 11.4 Å². The normalized spacial score (nSPS) is 14.4. The van der Waals surface area contributed by atoms with Crippen LogP contribution >= 0.6 is 24.4 Å². The molecular formula is C24H31N7OS2. The average Bonchev–Trinajstić information content (AvgIpc) is 2.87. The van der Waals surface area contributed by atoms with Crippen LogP contribution in [0.5, 0.6) is 0 Å². The summed E-state index contributed by atoms with van der Waals surface area (Å²) in [4.78, 5) is 2.31. The van der Waals surface area contributed by atoms with Crippen molar-refractivity contribution in [1.82, 2.24) is 21.5 Å². The number of nitrogens with one attached hydrogen (secondary N) is 4. The molecule has 180 valence electrons. The lowest BCUT2D eigenvalue weighted by Crippen LogP contribution is -2.36. The summed E-state index contributed by atoms with van der Waals surface area (Å²) >= 11 is 10.7. The number of nitrogens with zero attached hydrogens (tertiary/aromatic N) is 3. The Morgan fingerprint density at radius 3 is 1.79 bits per heavy atom. The second kappa shape index (κ2) is 13.6. The minimum atomic E-state index is 0.438. The lowest BCUT2D eigenvalue weighted by atomic mass is 9.99. The summed E-state index contributed by atoms with van der Waals surface area (Å²) in [6, 6.07) is 18.1. The lowest BCUT2D eigenvalue weighted by Gasteiger charge is -2.29. The molecule has 1 aliphatic rings. The van der Waals surface area contributed by atoms with Gasteiger partial charge in [-0.25, -0.2) is 0 Å². The predicted molar refractivity (Wildman–Crippen MR) is 148 cm³/mol. The molecule has 3 rings (SSSR count). The highest BCUT2D eigenvalue weighted by molar-refractivity contribution is 7.80. The van der Waals surface area contributed by atoms with Crippen molar-refractivity contribution >= 4 is 51.8 Å². The number of morpholine rings is 1. The standard InChI is InChI=1S/C24H31N7OS2/c1-3-25-23(33)29-27-21(18-8-6-5-7-9-18)22(28-30-24(34)26-4-2)19-10-12-20(13-11-19)31-14-16-32-17-15-31/h5-13H,3-4,14-17H2,1-2H3,(H2,25,29,33)(H2,26,30,34)/b27-21+,28-22+. The molecule has 2 aromatic rings. The molecule has 0 aromatic heterocycles. The number of hydrogen-bond donors (Lipinski definition) is 4. The Kier molecular flexibility index (Phi) is 10.2. The van der Waals surface area contributed by atoms with E-state index in [4.69, 9.17) is 29.2 Å². The molecule has 1 aliphatic heterocycles. The SMILES string of the molecule is CCNC(=S)N/N=C(/C(=N/NC(=S)NCC)c1ccc(N2CCOCC2)cc1)c1ccccc1. The van der Waals surface area contributed by atoms with Gasteiger partial charge in [0.05, 0.1) is 13.2 Å². The number of rotatable bonds is 8. The molecule has 0 bridgehead atoms. The fourth-order valence-corrected chi connectivity index (χ4v) is 3.75. The van der Waals surface area contributed by atoms with E-state index in [0.29, 0.717) is 34.7 Å². The summed E-state index contributed by atoms with van der Waals surface area (Å²) in [5.74, 6) is 0. The van der Waals surface area contributed by atoms with Gasteiger partial charge >= 0.3 is 0 Å². The van der Waals surface area contributed by atoms with Gasteiger partial charge in [0.15, 0.2) is 10.2 Å². The van der Waals surface area contributed by atoms with Crippen LogP contribution in [0.3, 0.4) is 0 Å². The Labute approximate surface area is 211 Å². The fraction of sp³-hybridized carbons (Fsp3) is 0.333. The molecule has 34 heavy (non-hydrogen) atoms. The molecule has 1 fully saturated rings.